The molecule has 18 heavy (non-hydrogen) atoms. The molecule has 1 N–H and O–H groups in total. The Morgan fingerprint density at radius 2 is 2.33 bits per heavy atom. The molecule has 1 saturated heterocycles. The number of hydrogen-bond acceptors (Lipinski definition) is 4. The van der Waals surface area contributed by atoms with E-state index in [4.69, 9.17) is 0 Å². The van der Waals surface area contributed by atoms with Gasteiger partial charge in [-0.25, -0.2) is 9.97 Å². The molecular formula is C14H24N4. The van der Waals surface area contributed by atoms with E-state index >= 15 is 0 Å². The predicted octanol–water partition coefficient (Wildman–Crippen LogP) is 1.75. The fourth-order valence-corrected chi connectivity index (χ4v) is 2.52. The zero-order chi connectivity index (χ0) is 13.0. The van der Waals surface area contributed by atoms with E-state index in [2.05, 4.69) is 34.0 Å². The van der Waals surface area contributed by atoms with Crippen LogP contribution in [0.2, 0.25) is 0 Å². The molecule has 0 saturated carbocycles. The van der Waals surface area contributed by atoms with Crippen LogP contribution < -0.4 is 5.32 Å². The first kappa shape index (κ1) is 13.4. The highest BCUT2D eigenvalue weighted by Crippen LogP contribution is 2.16. The fourth-order valence-electron chi connectivity index (χ4n) is 2.52. The maximum Gasteiger partial charge on any atom is 0.125 e. The summed E-state index contributed by atoms with van der Waals surface area (Å²) >= 11 is 0. The van der Waals surface area contributed by atoms with Gasteiger partial charge in [-0.15, -0.1) is 0 Å². The first-order valence-corrected chi connectivity index (χ1v) is 6.87. The van der Waals surface area contributed by atoms with Gasteiger partial charge < -0.3 is 5.32 Å². The molecule has 0 spiro atoms. The molecular weight excluding hydrogens is 224 g/mol. The quantitative estimate of drug-likeness (QED) is 0.885. The number of nitrogens with one attached hydrogen (secondary N) is 1. The Labute approximate surface area is 110 Å². The monoisotopic (exact) mass is 248 g/mol. The third-order valence-corrected chi connectivity index (χ3v) is 3.78. The molecule has 0 aliphatic carbocycles. The Balaban J connectivity index is 2.03. The first-order chi connectivity index (χ1) is 8.61. The smallest absolute Gasteiger partial charge is 0.125 e. The van der Waals surface area contributed by atoms with Crippen LogP contribution >= 0.6 is 0 Å². The van der Waals surface area contributed by atoms with Crippen LogP contribution in [0.4, 0.5) is 0 Å². The molecule has 0 aromatic carbocycles. The van der Waals surface area contributed by atoms with E-state index in [0.717, 1.165) is 44.1 Å². The molecule has 1 aromatic heterocycles. The Bertz CT molecular complexity index is 393. The van der Waals surface area contributed by atoms with Crippen LogP contribution in [0.1, 0.15) is 38.2 Å². The van der Waals surface area contributed by atoms with Crippen LogP contribution in [-0.4, -0.2) is 40.0 Å². The molecule has 0 bridgehead atoms. The summed E-state index contributed by atoms with van der Waals surface area (Å²) in [5, 5.41) is 3.66. The highest BCUT2D eigenvalue weighted by atomic mass is 15.2. The van der Waals surface area contributed by atoms with E-state index < -0.39 is 0 Å². The van der Waals surface area contributed by atoms with Crippen molar-refractivity contribution in [2.24, 2.45) is 0 Å². The number of rotatable bonds is 3. The summed E-state index contributed by atoms with van der Waals surface area (Å²) in [4.78, 5) is 11.2. The minimum atomic E-state index is 0.235. The van der Waals surface area contributed by atoms with Gasteiger partial charge in [-0.05, 0) is 45.8 Å². The lowest BCUT2D eigenvalue weighted by Gasteiger charge is -2.32. The molecule has 1 aromatic rings. The van der Waals surface area contributed by atoms with Crippen molar-refractivity contribution in [1.82, 2.24) is 20.2 Å². The topological polar surface area (TPSA) is 41.1 Å². The number of hydrogen-bond donors (Lipinski definition) is 1. The predicted molar refractivity (Wildman–Crippen MR) is 73.4 cm³/mol. The van der Waals surface area contributed by atoms with Crippen LogP contribution in [0.25, 0.3) is 0 Å². The molecule has 2 rings (SSSR count). The maximum atomic E-state index is 4.50. The molecule has 1 aliphatic rings. The van der Waals surface area contributed by atoms with Gasteiger partial charge in [0.1, 0.15) is 5.82 Å². The summed E-state index contributed by atoms with van der Waals surface area (Å²) < 4.78 is 0. The third kappa shape index (κ3) is 3.50. The van der Waals surface area contributed by atoms with Crippen LogP contribution in [0.5, 0.6) is 0 Å². The van der Waals surface area contributed by atoms with E-state index in [0.29, 0.717) is 0 Å². The Morgan fingerprint density at radius 3 is 3.06 bits per heavy atom. The highest BCUT2D eigenvalue weighted by Gasteiger charge is 2.27. The Morgan fingerprint density at radius 1 is 1.50 bits per heavy atom. The van der Waals surface area contributed by atoms with Crippen molar-refractivity contribution in [3.8, 4) is 0 Å². The Hall–Kier alpha value is -1.00. The van der Waals surface area contributed by atoms with Crippen molar-refractivity contribution in [2.75, 3.05) is 19.6 Å². The zero-order valence-electron chi connectivity index (χ0n) is 11.7. The van der Waals surface area contributed by atoms with Crippen molar-refractivity contribution in [3.05, 3.63) is 23.8 Å². The van der Waals surface area contributed by atoms with Gasteiger partial charge in [-0.3, -0.25) is 4.90 Å². The first-order valence-electron chi connectivity index (χ1n) is 6.87. The standard InChI is InChI=1S/C14H24N4/c1-4-14(3)11-18(9-5-7-16-14)10-13-6-8-15-12(2)17-13/h6,8,16H,4-5,7,9-11H2,1-3H3. The number of aryl methyl sites for hydroxylation is 1. The van der Waals surface area contributed by atoms with E-state index in [1.54, 1.807) is 0 Å². The van der Waals surface area contributed by atoms with Gasteiger partial charge in [0.05, 0.1) is 5.69 Å². The van der Waals surface area contributed by atoms with Crippen LogP contribution in [-0.2, 0) is 6.54 Å². The van der Waals surface area contributed by atoms with E-state index in [-0.39, 0.29) is 5.54 Å². The van der Waals surface area contributed by atoms with Crippen molar-refractivity contribution in [3.63, 3.8) is 0 Å². The molecule has 1 fully saturated rings. The van der Waals surface area contributed by atoms with Crippen LogP contribution in [0.3, 0.4) is 0 Å². The molecule has 0 radical (unpaired) electrons. The van der Waals surface area contributed by atoms with Gasteiger partial charge in [0.15, 0.2) is 0 Å². The second-order valence-electron chi connectivity index (χ2n) is 5.50. The van der Waals surface area contributed by atoms with Gasteiger partial charge in [-0.2, -0.15) is 0 Å². The van der Waals surface area contributed by atoms with Gasteiger partial charge in [0.25, 0.3) is 0 Å². The maximum absolute atomic E-state index is 4.50. The highest BCUT2D eigenvalue weighted by molar-refractivity contribution is 5.02. The fraction of sp³-hybridized carbons (Fsp3) is 0.714. The second-order valence-corrected chi connectivity index (χ2v) is 5.50. The van der Waals surface area contributed by atoms with Crippen molar-refractivity contribution >= 4 is 0 Å². The van der Waals surface area contributed by atoms with Gasteiger partial charge in [-0.1, -0.05) is 6.92 Å². The number of aromatic nitrogens is 2. The summed E-state index contributed by atoms with van der Waals surface area (Å²) in [7, 11) is 0. The van der Waals surface area contributed by atoms with Crippen molar-refractivity contribution < 1.29 is 0 Å². The summed E-state index contributed by atoms with van der Waals surface area (Å²) in [5.74, 6) is 0.860. The summed E-state index contributed by atoms with van der Waals surface area (Å²) in [6.07, 6.45) is 4.22. The van der Waals surface area contributed by atoms with E-state index in [1.807, 2.05) is 19.2 Å². The molecule has 4 heteroatoms. The van der Waals surface area contributed by atoms with E-state index in [9.17, 15) is 0 Å². The third-order valence-electron chi connectivity index (χ3n) is 3.78. The minimum absolute atomic E-state index is 0.235. The molecule has 0 amide bonds. The van der Waals surface area contributed by atoms with Crippen molar-refractivity contribution in [1.29, 1.82) is 0 Å². The molecule has 2 heterocycles. The second kappa shape index (κ2) is 5.76. The summed E-state index contributed by atoms with van der Waals surface area (Å²) in [6.45, 7) is 10.8. The average molecular weight is 248 g/mol. The lowest BCUT2D eigenvalue weighted by Crippen LogP contribution is -2.48. The van der Waals surface area contributed by atoms with Crippen LogP contribution in [0.15, 0.2) is 12.3 Å². The molecule has 1 unspecified atom stereocenters. The van der Waals surface area contributed by atoms with Gasteiger partial charge in [0, 0.05) is 24.8 Å². The van der Waals surface area contributed by atoms with E-state index in [1.165, 1.54) is 6.42 Å². The molecule has 1 atom stereocenters. The van der Waals surface area contributed by atoms with Crippen LogP contribution in [0, 0.1) is 6.92 Å². The largest absolute Gasteiger partial charge is 0.310 e. The lowest BCUT2D eigenvalue weighted by atomic mass is 9.98. The van der Waals surface area contributed by atoms with Gasteiger partial charge >= 0.3 is 0 Å². The average Bonchev–Trinajstić information content (AvgIpc) is 2.52. The Kier molecular flexibility index (Phi) is 4.30. The molecule has 100 valence electrons. The summed E-state index contributed by atoms with van der Waals surface area (Å²) in [5.41, 5.74) is 1.36. The van der Waals surface area contributed by atoms with Crippen molar-refractivity contribution in [2.45, 2.75) is 45.7 Å². The minimum Gasteiger partial charge on any atom is -0.310 e. The summed E-state index contributed by atoms with van der Waals surface area (Å²) in [6, 6.07) is 2.02. The lowest BCUT2D eigenvalue weighted by molar-refractivity contribution is 0.206. The number of nitrogens with zero attached hydrogens (tertiary/aromatic N) is 3. The zero-order valence-corrected chi connectivity index (χ0v) is 11.7. The molecule has 1 aliphatic heterocycles. The SMILES string of the molecule is CCC1(C)CN(Cc2ccnc(C)n2)CCCN1. The molecule has 4 nitrogen and oxygen atoms in total. The van der Waals surface area contributed by atoms with Gasteiger partial charge in [0.2, 0.25) is 0 Å². The normalized spacial score (nSPS) is 25.9.